The zero-order valence-electron chi connectivity index (χ0n) is 10.1. The predicted octanol–water partition coefficient (Wildman–Crippen LogP) is 3.96. The Hall–Kier alpha value is -1.79. The second-order valence-corrected chi connectivity index (χ2v) is 3.97. The van der Waals surface area contributed by atoms with Gasteiger partial charge in [0.1, 0.15) is 22.9 Å². The van der Waals surface area contributed by atoms with Gasteiger partial charge in [-0.15, -0.1) is 0 Å². The monoisotopic (exact) mass is 276 g/mol. The van der Waals surface area contributed by atoms with Gasteiger partial charge in [-0.2, -0.15) is 5.10 Å². The molecule has 0 amide bonds. The van der Waals surface area contributed by atoms with E-state index >= 15 is 0 Å². The van der Waals surface area contributed by atoms with Gasteiger partial charge in [0.15, 0.2) is 0 Å². The van der Waals surface area contributed by atoms with Gasteiger partial charge in [0.05, 0.1) is 6.54 Å². The number of furan rings is 1. The average molecular weight is 276 g/mol. The summed E-state index contributed by atoms with van der Waals surface area (Å²) in [6, 6.07) is 4.06. The highest BCUT2D eigenvalue weighted by Gasteiger charge is 2.21. The summed E-state index contributed by atoms with van der Waals surface area (Å²) >= 11 is 0. The topological polar surface area (TPSA) is 31.0 Å². The van der Waals surface area contributed by atoms with Gasteiger partial charge in [0, 0.05) is 6.42 Å². The summed E-state index contributed by atoms with van der Waals surface area (Å²) in [5, 5.41) is 3.49. The largest absolute Gasteiger partial charge is 0.464 e. The normalized spacial score (nSPS) is 11.7. The predicted molar refractivity (Wildman–Crippen MR) is 59.3 cm³/mol. The van der Waals surface area contributed by atoms with E-state index in [0.717, 1.165) is 10.7 Å². The molecule has 0 aliphatic heterocycles. The van der Waals surface area contributed by atoms with E-state index in [1.807, 2.05) is 6.92 Å². The van der Waals surface area contributed by atoms with Gasteiger partial charge in [-0.05, 0) is 18.2 Å². The Bertz CT molecular complexity index is 548. The lowest BCUT2D eigenvalue weighted by Crippen LogP contribution is -2.06. The third-order valence-corrected chi connectivity index (χ3v) is 2.65. The number of aryl methyl sites for hydroxylation is 1. The molecule has 0 saturated heterocycles. The van der Waals surface area contributed by atoms with Gasteiger partial charge in [0.25, 0.3) is 12.9 Å². The molecule has 104 valence electrons. The molecular weight excluding hydrogens is 264 g/mol. The summed E-state index contributed by atoms with van der Waals surface area (Å²) in [6.45, 7) is 1.79. The minimum absolute atomic E-state index is 0.0909. The average Bonchev–Trinajstić information content (AvgIpc) is 2.96. The lowest BCUT2D eigenvalue weighted by Gasteiger charge is -2.04. The van der Waals surface area contributed by atoms with Gasteiger partial charge >= 0.3 is 0 Å². The van der Waals surface area contributed by atoms with Crippen LogP contribution in [0.25, 0.3) is 0 Å². The molecule has 7 heteroatoms. The van der Waals surface area contributed by atoms with E-state index < -0.39 is 24.2 Å². The Morgan fingerprint density at radius 2 is 1.84 bits per heavy atom. The Morgan fingerprint density at radius 1 is 1.16 bits per heavy atom. The molecule has 3 nitrogen and oxygen atoms in total. The number of nitrogens with zero attached hydrogens (tertiary/aromatic N) is 2. The molecule has 0 unspecified atom stereocenters. The number of alkyl halides is 4. The van der Waals surface area contributed by atoms with Crippen molar-refractivity contribution in [3.63, 3.8) is 0 Å². The maximum atomic E-state index is 12.7. The Labute approximate surface area is 106 Å². The SMILES string of the molecule is CCc1ccc(Cn2nc(C(F)F)cc2C(F)F)o1. The van der Waals surface area contributed by atoms with Crippen LogP contribution >= 0.6 is 0 Å². The third kappa shape index (κ3) is 2.97. The molecule has 0 aliphatic rings. The second-order valence-electron chi connectivity index (χ2n) is 3.97. The molecule has 0 aliphatic carbocycles. The van der Waals surface area contributed by atoms with Crippen LogP contribution in [0.2, 0.25) is 0 Å². The van der Waals surface area contributed by atoms with E-state index in [0.29, 0.717) is 17.9 Å². The van der Waals surface area contributed by atoms with E-state index in [1.165, 1.54) is 0 Å². The molecule has 2 rings (SSSR count). The fraction of sp³-hybridized carbons (Fsp3) is 0.417. The molecule has 0 aromatic carbocycles. The number of hydrogen-bond donors (Lipinski definition) is 0. The van der Waals surface area contributed by atoms with Crippen LogP contribution in [0.3, 0.4) is 0 Å². The standard InChI is InChI=1S/C12H12F4N2O/c1-2-7-3-4-8(19-7)6-18-10(12(15)16)5-9(17-18)11(13)14/h3-5,11-12H,2,6H2,1H3. The van der Waals surface area contributed by atoms with Crippen LogP contribution in [0, 0.1) is 0 Å². The lowest BCUT2D eigenvalue weighted by molar-refractivity contribution is 0.139. The highest BCUT2D eigenvalue weighted by atomic mass is 19.3. The summed E-state index contributed by atoms with van der Waals surface area (Å²) in [5.74, 6) is 1.11. The molecule has 2 aromatic heterocycles. The van der Waals surface area contributed by atoms with Crippen molar-refractivity contribution >= 4 is 0 Å². The minimum Gasteiger partial charge on any atom is -0.464 e. The first-order valence-corrected chi connectivity index (χ1v) is 5.72. The van der Waals surface area contributed by atoms with Crippen LogP contribution in [-0.2, 0) is 13.0 Å². The first-order valence-electron chi connectivity index (χ1n) is 5.72. The van der Waals surface area contributed by atoms with E-state index in [2.05, 4.69) is 5.10 Å². The third-order valence-electron chi connectivity index (χ3n) is 2.65. The van der Waals surface area contributed by atoms with Crippen LogP contribution in [0.4, 0.5) is 17.6 Å². The van der Waals surface area contributed by atoms with Crippen molar-refractivity contribution in [2.24, 2.45) is 0 Å². The van der Waals surface area contributed by atoms with Gasteiger partial charge in [-0.25, -0.2) is 17.6 Å². The van der Waals surface area contributed by atoms with Crippen molar-refractivity contribution in [2.75, 3.05) is 0 Å². The van der Waals surface area contributed by atoms with Gasteiger partial charge in [-0.1, -0.05) is 6.92 Å². The van der Waals surface area contributed by atoms with E-state index in [-0.39, 0.29) is 6.54 Å². The zero-order valence-corrected chi connectivity index (χ0v) is 10.1. The molecule has 2 aromatic rings. The quantitative estimate of drug-likeness (QED) is 0.774. The van der Waals surface area contributed by atoms with Crippen LogP contribution in [0.15, 0.2) is 22.6 Å². The number of hydrogen-bond acceptors (Lipinski definition) is 2. The van der Waals surface area contributed by atoms with E-state index in [9.17, 15) is 17.6 Å². The van der Waals surface area contributed by atoms with Crippen LogP contribution < -0.4 is 0 Å². The summed E-state index contributed by atoms with van der Waals surface area (Å²) < 4.78 is 56.6. The van der Waals surface area contributed by atoms with E-state index in [4.69, 9.17) is 4.42 Å². The van der Waals surface area contributed by atoms with E-state index in [1.54, 1.807) is 12.1 Å². The van der Waals surface area contributed by atoms with Crippen molar-refractivity contribution in [3.05, 3.63) is 41.1 Å². The Kier molecular flexibility index (Phi) is 3.92. The summed E-state index contributed by atoms with van der Waals surface area (Å²) in [5.41, 5.74) is -1.19. The summed E-state index contributed by atoms with van der Waals surface area (Å²) in [4.78, 5) is 0. The molecule has 0 atom stereocenters. The van der Waals surface area contributed by atoms with Crippen LogP contribution in [-0.4, -0.2) is 9.78 Å². The van der Waals surface area contributed by atoms with Crippen molar-refractivity contribution < 1.29 is 22.0 Å². The number of halogens is 4. The first-order chi connectivity index (χ1) is 9.01. The summed E-state index contributed by atoms with van der Waals surface area (Å²) in [7, 11) is 0. The van der Waals surface area contributed by atoms with Crippen molar-refractivity contribution in [1.29, 1.82) is 0 Å². The number of aromatic nitrogens is 2. The molecular formula is C12H12F4N2O. The fourth-order valence-corrected chi connectivity index (χ4v) is 1.71. The Balaban J connectivity index is 2.27. The minimum atomic E-state index is -2.87. The van der Waals surface area contributed by atoms with Crippen molar-refractivity contribution in [2.45, 2.75) is 32.7 Å². The molecule has 0 spiro atoms. The zero-order chi connectivity index (χ0) is 14.0. The highest BCUT2D eigenvalue weighted by Crippen LogP contribution is 2.25. The molecule has 0 fully saturated rings. The fourth-order valence-electron chi connectivity index (χ4n) is 1.71. The van der Waals surface area contributed by atoms with Gasteiger partial charge in [-0.3, -0.25) is 4.68 Å². The maximum absolute atomic E-state index is 12.7. The molecule has 0 bridgehead atoms. The highest BCUT2D eigenvalue weighted by molar-refractivity contribution is 5.15. The van der Waals surface area contributed by atoms with Crippen molar-refractivity contribution in [3.8, 4) is 0 Å². The van der Waals surface area contributed by atoms with Crippen LogP contribution in [0.5, 0.6) is 0 Å². The molecule has 2 heterocycles. The smallest absolute Gasteiger partial charge is 0.282 e. The van der Waals surface area contributed by atoms with Crippen molar-refractivity contribution in [1.82, 2.24) is 9.78 Å². The second kappa shape index (κ2) is 5.46. The lowest BCUT2D eigenvalue weighted by atomic mass is 10.3. The first kappa shape index (κ1) is 13.6. The van der Waals surface area contributed by atoms with Gasteiger partial charge in [0.2, 0.25) is 0 Å². The molecule has 19 heavy (non-hydrogen) atoms. The maximum Gasteiger partial charge on any atom is 0.282 e. The molecule has 0 N–H and O–H groups in total. The number of rotatable bonds is 5. The molecule has 0 radical (unpaired) electrons. The molecule has 0 saturated carbocycles. The Morgan fingerprint density at radius 3 is 2.37 bits per heavy atom. The summed E-state index contributed by atoms with van der Waals surface area (Å²) in [6.07, 6.45) is -5.06. The van der Waals surface area contributed by atoms with Crippen LogP contribution in [0.1, 0.15) is 42.7 Å². The van der Waals surface area contributed by atoms with Gasteiger partial charge < -0.3 is 4.42 Å².